The first-order chi connectivity index (χ1) is 9.28. The minimum Gasteiger partial charge on any atom is -0.369 e. The van der Waals surface area contributed by atoms with Crippen molar-refractivity contribution in [2.45, 2.75) is 26.2 Å². The molecule has 4 nitrogen and oxygen atoms in total. The van der Waals surface area contributed by atoms with E-state index in [2.05, 4.69) is 15.2 Å². The van der Waals surface area contributed by atoms with Gasteiger partial charge in [-0.3, -0.25) is 0 Å². The molecule has 0 unspecified atom stereocenters. The first-order valence-electron chi connectivity index (χ1n) is 6.74. The van der Waals surface area contributed by atoms with Gasteiger partial charge in [-0.05, 0) is 31.4 Å². The van der Waals surface area contributed by atoms with E-state index in [1.54, 1.807) is 4.68 Å². The third-order valence-corrected chi connectivity index (χ3v) is 3.55. The Morgan fingerprint density at radius 2 is 2.05 bits per heavy atom. The third kappa shape index (κ3) is 2.32. The van der Waals surface area contributed by atoms with Crippen molar-refractivity contribution in [1.82, 2.24) is 15.0 Å². The van der Waals surface area contributed by atoms with E-state index in [-0.39, 0.29) is 5.82 Å². The lowest BCUT2D eigenvalue weighted by atomic mass is 10.2. The van der Waals surface area contributed by atoms with Crippen LogP contribution in [0.15, 0.2) is 24.4 Å². The van der Waals surface area contributed by atoms with Crippen molar-refractivity contribution in [2.75, 3.05) is 18.0 Å². The van der Waals surface area contributed by atoms with Crippen LogP contribution in [0.4, 0.5) is 10.1 Å². The maximum Gasteiger partial charge on any atom is 0.148 e. The molecule has 0 N–H and O–H groups in total. The molecule has 0 saturated carbocycles. The molecule has 1 saturated heterocycles. The number of halogens is 1. The summed E-state index contributed by atoms with van der Waals surface area (Å²) in [6.45, 7) is 3.91. The Hall–Kier alpha value is -1.91. The number of hydrogen-bond acceptors (Lipinski definition) is 3. The van der Waals surface area contributed by atoms with Crippen molar-refractivity contribution in [2.24, 2.45) is 0 Å². The summed E-state index contributed by atoms with van der Waals surface area (Å²) in [5.74, 6) is -0.187. The molecule has 1 aliphatic rings. The molecule has 0 radical (unpaired) electrons. The summed E-state index contributed by atoms with van der Waals surface area (Å²) in [6, 6.07) is 5.26. The normalized spacial score (nSPS) is 15.2. The Balaban J connectivity index is 1.90. The topological polar surface area (TPSA) is 34.0 Å². The van der Waals surface area contributed by atoms with Gasteiger partial charge in [0, 0.05) is 19.2 Å². The Morgan fingerprint density at radius 1 is 1.26 bits per heavy atom. The number of aromatic nitrogens is 3. The molecule has 0 atom stereocenters. The van der Waals surface area contributed by atoms with Crippen molar-refractivity contribution < 1.29 is 4.39 Å². The van der Waals surface area contributed by atoms with Gasteiger partial charge in [-0.2, -0.15) is 0 Å². The number of aryl methyl sites for hydroxylation is 1. The molecule has 19 heavy (non-hydrogen) atoms. The van der Waals surface area contributed by atoms with Gasteiger partial charge in [-0.25, -0.2) is 9.07 Å². The summed E-state index contributed by atoms with van der Waals surface area (Å²) in [5, 5.41) is 8.03. The summed E-state index contributed by atoms with van der Waals surface area (Å²) < 4.78 is 15.8. The van der Waals surface area contributed by atoms with Crippen LogP contribution in [0.5, 0.6) is 0 Å². The summed E-state index contributed by atoms with van der Waals surface area (Å²) in [7, 11) is 0. The van der Waals surface area contributed by atoms with Crippen LogP contribution in [0.3, 0.4) is 0 Å². The molecule has 1 aliphatic heterocycles. The molecule has 3 rings (SSSR count). The van der Waals surface area contributed by atoms with Gasteiger partial charge in [0.1, 0.15) is 5.82 Å². The number of rotatable bonds is 3. The smallest absolute Gasteiger partial charge is 0.148 e. The zero-order chi connectivity index (χ0) is 13.2. The second-order valence-electron chi connectivity index (χ2n) is 4.84. The van der Waals surface area contributed by atoms with E-state index in [0.717, 1.165) is 38.0 Å². The highest BCUT2D eigenvalue weighted by Crippen LogP contribution is 2.25. The Morgan fingerprint density at radius 3 is 2.68 bits per heavy atom. The highest BCUT2D eigenvalue weighted by Gasteiger charge is 2.16. The summed E-state index contributed by atoms with van der Waals surface area (Å²) in [6.07, 6.45) is 4.95. The lowest BCUT2D eigenvalue weighted by Gasteiger charge is -2.18. The average Bonchev–Trinajstić information content (AvgIpc) is 3.10. The first kappa shape index (κ1) is 12.1. The zero-order valence-corrected chi connectivity index (χ0v) is 11.0. The standard InChI is InChI=1S/C14H17FN4/c1-2-11-10-19(17-16-11)12-5-6-14(13(15)9-12)18-7-3-4-8-18/h5-6,9-10H,2-4,7-8H2,1H3. The second kappa shape index (κ2) is 4.99. The van der Waals surface area contributed by atoms with Crippen molar-refractivity contribution >= 4 is 5.69 Å². The summed E-state index contributed by atoms with van der Waals surface area (Å²) in [4.78, 5) is 2.10. The van der Waals surface area contributed by atoms with Gasteiger partial charge in [0.05, 0.1) is 23.3 Å². The van der Waals surface area contributed by atoms with Crippen molar-refractivity contribution in [3.8, 4) is 5.69 Å². The molecule has 2 heterocycles. The highest BCUT2D eigenvalue weighted by atomic mass is 19.1. The third-order valence-electron chi connectivity index (χ3n) is 3.55. The van der Waals surface area contributed by atoms with E-state index in [4.69, 9.17) is 0 Å². The van der Waals surface area contributed by atoms with Crippen LogP contribution < -0.4 is 4.90 Å². The lowest BCUT2D eigenvalue weighted by Crippen LogP contribution is -2.19. The fourth-order valence-electron chi connectivity index (χ4n) is 2.44. The van der Waals surface area contributed by atoms with E-state index in [1.807, 2.05) is 25.3 Å². The monoisotopic (exact) mass is 260 g/mol. The molecule has 100 valence electrons. The SMILES string of the molecule is CCc1cn(-c2ccc(N3CCCC3)c(F)c2)nn1. The van der Waals surface area contributed by atoms with E-state index in [9.17, 15) is 4.39 Å². The van der Waals surface area contributed by atoms with Crippen molar-refractivity contribution in [3.05, 3.63) is 35.9 Å². The predicted molar refractivity (Wildman–Crippen MR) is 72.1 cm³/mol. The number of benzene rings is 1. The molecule has 0 spiro atoms. The molecule has 1 fully saturated rings. The Bertz CT molecular complexity index is 573. The molecule has 1 aromatic carbocycles. The maximum atomic E-state index is 14.2. The van der Waals surface area contributed by atoms with Gasteiger partial charge in [-0.15, -0.1) is 5.10 Å². The molecule has 2 aromatic rings. The van der Waals surface area contributed by atoms with Gasteiger partial charge in [-0.1, -0.05) is 12.1 Å². The van der Waals surface area contributed by atoms with Crippen LogP contribution in [-0.4, -0.2) is 28.1 Å². The van der Waals surface area contributed by atoms with Crippen LogP contribution in [0.25, 0.3) is 5.69 Å². The Kier molecular flexibility index (Phi) is 3.19. The lowest BCUT2D eigenvalue weighted by molar-refractivity contribution is 0.620. The van der Waals surface area contributed by atoms with Crippen molar-refractivity contribution in [1.29, 1.82) is 0 Å². The van der Waals surface area contributed by atoms with Gasteiger partial charge in [0.2, 0.25) is 0 Å². The van der Waals surface area contributed by atoms with E-state index >= 15 is 0 Å². The first-order valence-corrected chi connectivity index (χ1v) is 6.74. The van der Waals surface area contributed by atoms with Crippen LogP contribution in [0.1, 0.15) is 25.5 Å². The molecule has 5 heteroatoms. The number of anilines is 1. The van der Waals surface area contributed by atoms with Crippen LogP contribution in [-0.2, 0) is 6.42 Å². The predicted octanol–water partition coefficient (Wildman–Crippen LogP) is 2.57. The molecule has 0 bridgehead atoms. The molecule has 0 aliphatic carbocycles. The summed E-state index contributed by atoms with van der Waals surface area (Å²) >= 11 is 0. The van der Waals surface area contributed by atoms with Gasteiger partial charge < -0.3 is 4.90 Å². The molecule has 0 amide bonds. The number of hydrogen-bond donors (Lipinski definition) is 0. The highest BCUT2D eigenvalue weighted by molar-refractivity contribution is 5.52. The molecular formula is C14H17FN4. The zero-order valence-electron chi connectivity index (χ0n) is 11.0. The quantitative estimate of drug-likeness (QED) is 0.850. The number of nitrogens with zero attached hydrogens (tertiary/aromatic N) is 4. The van der Waals surface area contributed by atoms with Gasteiger partial charge in [0.25, 0.3) is 0 Å². The Labute approximate surface area is 111 Å². The van der Waals surface area contributed by atoms with Crippen LogP contribution in [0.2, 0.25) is 0 Å². The maximum absolute atomic E-state index is 14.2. The van der Waals surface area contributed by atoms with Gasteiger partial charge >= 0.3 is 0 Å². The fraction of sp³-hybridized carbons (Fsp3) is 0.429. The van der Waals surface area contributed by atoms with E-state index in [0.29, 0.717) is 11.4 Å². The fourth-order valence-corrected chi connectivity index (χ4v) is 2.44. The second-order valence-corrected chi connectivity index (χ2v) is 4.84. The van der Waals surface area contributed by atoms with E-state index in [1.165, 1.54) is 6.07 Å². The minimum atomic E-state index is -0.187. The van der Waals surface area contributed by atoms with E-state index < -0.39 is 0 Å². The van der Waals surface area contributed by atoms with Crippen LogP contribution in [0, 0.1) is 5.82 Å². The summed E-state index contributed by atoms with van der Waals surface area (Å²) in [5.41, 5.74) is 2.31. The van der Waals surface area contributed by atoms with Crippen molar-refractivity contribution in [3.63, 3.8) is 0 Å². The van der Waals surface area contributed by atoms with Gasteiger partial charge in [0.15, 0.2) is 0 Å². The van der Waals surface area contributed by atoms with Crippen LogP contribution >= 0.6 is 0 Å². The molecule has 1 aromatic heterocycles. The molecular weight excluding hydrogens is 243 g/mol. The minimum absolute atomic E-state index is 0.187. The average molecular weight is 260 g/mol. The largest absolute Gasteiger partial charge is 0.369 e.